The molecule has 4 rings (SSSR count). The number of nitrogens with one attached hydrogen (secondary N) is 1. The topological polar surface area (TPSA) is 75.7 Å². The van der Waals surface area contributed by atoms with E-state index >= 15 is 0 Å². The number of sulfonamides is 1. The number of anilines is 1. The predicted octanol–water partition coefficient (Wildman–Crippen LogP) is 5.17. The number of benzene rings is 2. The molecule has 2 aromatic carbocycles. The first-order valence-corrected chi connectivity index (χ1v) is 13.3. The highest BCUT2D eigenvalue weighted by atomic mass is 32.2. The molecule has 33 heavy (non-hydrogen) atoms. The molecule has 0 radical (unpaired) electrons. The van der Waals surface area contributed by atoms with E-state index in [9.17, 15) is 13.2 Å². The lowest BCUT2D eigenvalue weighted by molar-refractivity contribution is 0.0532. The van der Waals surface area contributed by atoms with Crippen LogP contribution in [0.4, 0.5) is 5.69 Å². The Morgan fingerprint density at radius 2 is 1.82 bits per heavy atom. The summed E-state index contributed by atoms with van der Waals surface area (Å²) in [5, 5.41) is 3.56. The van der Waals surface area contributed by atoms with Crippen molar-refractivity contribution < 1.29 is 17.9 Å². The summed E-state index contributed by atoms with van der Waals surface area (Å²) in [6.07, 6.45) is 1.47. The minimum Gasteiger partial charge on any atom is -0.462 e. The molecule has 0 unspecified atom stereocenters. The third-order valence-electron chi connectivity index (χ3n) is 5.72. The second-order valence-electron chi connectivity index (χ2n) is 8.06. The van der Waals surface area contributed by atoms with E-state index in [4.69, 9.17) is 4.74 Å². The lowest BCUT2D eigenvalue weighted by Gasteiger charge is -2.32. The molecule has 0 atom stereocenters. The van der Waals surface area contributed by atoms with Gasteiger partial charge in [-0.15, -0.1) is 11.3 Å². The number of rotatable bonds is 7. The Balaban J connectivity index is 1.42. The zero-order valence-electron chi connectivity index (χ0n) is 18.8. The number of carbonyl (C=O) groups excluding carboxylic acids is 1. The van der Waals surface area contributed by atoms with Crippen molar-refractivity contribution in [2.45, 2.75) is 37.6 Å². The van der Waals surface area contributed by atoms with Gasteiger partial charge in [0.1, 0.15) is 4.88 Å². The highest BCUT2D eigenvalue weighted by molar-refractivity contribution is 7.89. The van der Waals surface area contributed by atoms with Crippen LogP contribution in [0.25, 0.3) is 10.4 Å². The molecule has 0 aliphatic carbocycles. The van der Waals surface area contributed by atoms with E-state index in [0.29, 0.717) is 29.5 Å². The van der Waals surface area contributed by atoms with Gasteiger partial charge in [0, 0.05) is 29.7 Å². The second kappa shape index (κ2) is 10.1. The lowest BCUT2D eigenvalue weighted by Crippen LogP contribution is -2.42. The molecule has 0 amide bonds. The number of piperidine rings is 1. The number of hydrogen-bond acceptors (Lipinski definition) is 6. The third-order valence-corrected chi connectivity index (χ3v) is 8.90. The lowest BCUT2D eigenvalue weighted by atomic mass is 10.1. The van der Waals surface area contributed by atoms with Gasteiger partial charge in [0.15, 0.2) is 0 Å². The number of carbonyl (C=O) groups is 1. The monoisotopic (exact) mass is 484 g/mol. The Morgan fingerprint density at radius 1 is 1.09 bits per heavy atom. The number of aryl methyl sites for hydroxylation is 1. The molecule has 1 fully saturated rings. The van der Waals surface area contributed by atoms with Gasteiger partial charge in [0.05, 0.1) is 11.5 Å². The summed E-state index contributed by atoms with van der Waals surface area (Å²) in [5.74, 6) is -0.289. The van der Waals surface area contributed by atoms with Gasteiger partial charge in [0.25, 0.3) is 0 Å². The van der Waals surface area contributed by atoms with E-state index in [1.54, 1.807) is 35.5 Å². The van der Waals surface area contributed by atoms with Crippen LogP contribution in [0, 0.1) is 6.92 Å². The molecule has 174 valence electrons. The first-order valence-electron chi connectivity index (χ1n) is 11.1. The van der Waals surface area contributed by atoms with Crippen molar-refractivity contribution >= 4 is 33.0 Å². The summed E-state index contributed by atoms with van der Waals surface area (Å²) < 4.78 is 32.4. The summed E-state index contributed by atoms with van der Waals surface area (Å²) in [4.78, 5) is 14.1. The fourth-order valence-corrected chi connectivity index (χ4v) is 6.59. The first kappa shape index (κ1) is 23.5. The Bertz CT molecular complexity index is 1210. The normalized spacial score (nSPS) is 15.3. The molecule has 2 heterocycles. The number of esters is 1. The fourth-order valence-electron chi connectivity index (χ4n) is 4.04. The SMILES string of the molecule is CCOC(=O)c1cc(C)c(-c2cccc(NC3CCN(S(=O)(=O)c4ccccc4)CC3)c2)s1. The predicted molar refractivity (Wildman–Crippen MR) is 132 cm³/mol. The standard InChI is InChI=1S/C25H28N2O4S2/c1-3-31-25(28)23-16-18(2)24(32-23)19-8-7-9-21(17-19)26-20-12-14-27(15-13-20)33(29,30)22-10-5-4-6-11-22/h4-11,16-17,20,26H,3,12-15H2,1-2H3. The average Bonchev–Trinajstić information content (AvgIpc) is 3.22. The van der Waals surface area contributed by atoms with E-state index in [-0.39, 0.29) is 12.0 Å². The quantitative estimate of drug-likeness (QED) is 0.469. The first-order chi connectivity index (χ1) is 15.9. The number of thiophene rings is 1. The number of ether oxygens (including phenoxy) is 1. The van der Waals surface area contributed by atoms with Gasteiger partial charge in [0.2, 0.25) is 10.0 Å². The highest BCUT2D eigenvalue weighted by Crippen LogP contribution is 2.34. The van der Waals surface area contributed by atoms with Crippen LogP contribution in [-0.4, -0.2) is 44.4 Å². The zero-order valence-corrected chi connectivity index (χ0v) is 20.4. The maximum atomic E-state index is 12.9. The largest absolute Gasteiger partial charge is 0.462 e. The van der Waals surface area contributed by atoms with Gasteiger partial charge in [-0.1, -0.05) is 30.3 Å². The van der Waals surface area contributed by atoms with Crippen molar-refractivity contribution in [3.05, 3.63) is 71.1 Å². The summed E-state index contributed by atoms with van der Waals surface area (Å²) in [6.45, 7) is 5.13. The molecule has 1 N–H and O–H groups in total. The molecule has 0 spiro atoms. The molecular weight excluding hydrogens is 456 g/mol. The van der Waals surface area contributed by atoms with E-state index in [0.717, 1.165) is 34.5 Å². The van der Waals surface area contributed by atoms with E-state index in [2.05, 4.69) is 11.4 Å². The smallest absolute Gasteiger partial charge is 0.348 e. The number of nitrogens with zero attached hydrogens (tertiary/aromatic N) is 1. The van der Waals surface area contributed by atoms with Crippen LogP contribution in [0.1, 0.15) is 35.0 Å². The van der Waals surface area contributed by atoms with Crippen molar-refractivity contribution in [2.75, 3.05) is 25.0 Å². The molecule has 3 aromatic rings. The van der Waals surface area contributed by atoms with Gasteiger partial charge in [-0.25, -0.2) is 13.2 Å². The fraction of sp³-hybridized carbons (Fsp3) is 0.320. The Kier molecular flexibility index (Phi) is 7.17. The molecule has 6 nitrogen and oxygen atoms in total. The third kappa shape index (κ3) is 5.29. The van der Waals surface area contributed by atoms with Crippen LogP contribution in [0.3, 0.4) is 0 Å². The summed E-state index contributed by atoms with van der Waals surface area (Å²) in [5.41, 5.74) is 3.07. The molecule has 1 aliphatic rings. The molecule has 0 saturated carbocycles. The van der Waals surface area contributed by atoms with Crippen LogP contribution in [0.5, 0.6) is 0 Å². The molecule has 0 bridgehead atoms. The maximum absolute atomic E-state index is 12.9. The Hall–Kier alpha value is -2.68. The second-order valence-corrected chi connectivity index (χ2v) is 11.0. The van der Waals surface area contributed by atoms with Crippen molar-refractivity contribution in [1.82, 2.24) is 4.31 Å². The van der Waals surface area contributed by atoms with E-state index in [1.165, 1.54) is 11.3 Å². The van der Waals surface area contributed by atoms with Crippen LogP contribution >= 0.6 is 11.3 Å². The van der Waals surface area contributed by atoms with Crippen LogP contribution < -0.4 is 5.32 Å². The zero-order chi connectivity index (χ0) is 23.4. The van der Waals surface area contributed by atoms with Crippen LogP contribution in [0.2, 0.25) is 0 Å². The van der Waals surface area contributed by atoms with Crippen LogP contribution in [0.15, 0.2) is 65.6 Å². The van der Waals surface area contributed by atoms with Crippen molar-refractivity contribution in [3.8, 4) is 10.4 Å². The minimum atomic E-state index is -3.45. The van der Waals surface area contributed by atoms with Crippen molar-refractivity contribution in [1.29, 1.82) is 0 Å². The molecule has 1 aliphatic heterocycles. The minimum absolute atomic E-state index is 0.196. The average molecular weight is 485 g/mol. The van der Waals surface area contributed by atoms with Crippen molar-refractivity contribution in [3.63, 3.8) is 0 Å². The Morgan fingerprint density at radius 3 is 2.52 bits per heavy atom. The molecule has 8 heteroatoms. The highest BCUT2D eigenvalue weighted by Gasteiger charge is 2.29. The molecular formula is C25H28N2O4S2. The summed E-state index contributed by atoms with van der Waals surface area (Å²) >= 11 is 1.44. The summed E-state index contributed by atoms with van der Waals surface area (Å²) in [7, 11) is -3.45. The molecule has 1 saturated heterocycles. The van der Waals surface area contributed by atoms with Gasteiger partial charge in [-0.3, -0.25) is 0 Å². The maximum Gasteiger partial charge on any atom is 0.348 e. The van der Waals surface area contributed by atoms with Crippen molar-refractivity contribution in [2.24, 2.45) is 0 Å². The van der Waals surface area contributed by atoms with E-state index in [1.807, 2.05) is 37.3 Å². The Labute approximate surface area is 199 Å². The molecule has 1 aromatic heterocycles. The van der Waals surface area contributed by atoms with Gasteiger partial charge in [-0.2, -0.15) is 4.31 Å². The van der Waals surface area contributed by atoms with Gasteiger partial charge >= 0.3 is 5.97 Å². The van der Waals surface area contributed by atoms with E-state index < -0.39 is 10.0 Å². The van der Waals surface area contributed by atoms with Crippen LogP contribution in [-0.2, 0) is 14.8 Å². The summed E-state index contributed by atoms with van der Waals surface area (Å²) in [6, 6.07) is 18.8. The van der Waals surface area contributed by atoms with Gasteiger partial charge < -0.3 is 10.1 Å². The van der Waals surface area contributed by atoms with Gasteiger partial charge in [-0.05, 0) is 68.1 Å². The number of hydrogen-bond donors (Lipinski definition) is 1.